The Hall–Kier alpha value is -2.88. The van der Waals surface area contributed by atoms with Crippen molar-refractivity contribution < 1.29 is 14.6 Å². The number of benzene rings is 2. The zero-order valence-corrected chi connectivity index (χ0v) is 11.2. The number of carboxylic acids is 1. The Morgan fingerprint density at radius 1 is 1.05 bits per heavy atom. The lowest BCUT2D eigenvalue weighted by Gasteiger charge is -2.08. The molecule has 4 heteroatoms. The lowest BCUT2D eigenvalue weighted by molar-refractivity contribution is 0.0690. The predicted octanol–water partition coefficient (Wildman–Crippen LogP) is 3.51. The topological polar surface area (TPSA) is 59.4 Å². The molecule has 0 radical (unpaired) electrons. The van der Waals surface area contributed by atoms with Gasteiger partial charge in [-0.3, -0.25) is 0 Å². The molecule has 0 fully saturated rings. The van der Waals surface area contributed by atoms with Gasteiger partial charge in [0, 0.05) is 6.20 Å². The fraction of sp³-hybridized carbons (Fsp3) is 0.0588. The van der Waals surface area contributed by atoms with Gasteiger partial charge in [0.2, 0.25) is 0 Å². The monoisotopic (exact) mass is 279 g/mol. The summed E-state index contributed by atoms with van der Waals surface area (Å²) in [6.45, 7) is 0.307. The summed E-state index contributed by atoms with van der Waals surface area (Å²) in [7, 11) is 0. The number of aromatic carboxylic acids is 1. The second-order valence-electron chi connectivity index (χ2n) is 4.65. The van der Waals surface area contributed by atoms with E-state index in [-0.39, 0.29) is 5.69 Å². The van der Waals surface area contributed by atoms with E-state index < -0.39 is 5.97 Å². The van der Waals surface area contributed by atoms with Gasteiger partial charge < -0.3 is 9.84 Å². The van der Waals surface area contributed by atoms with E-state index in [4.69, 9.17) is 9.84 Å². The van der Waals surface area contributed by atoms with E-state index in [1.807, 2.05) is 42.5 Å². The van der Waals surface area contributed by atoms with Crippen LogP contribution in [-0.2, 0) is 6.61 Å². The molecule has 0 unspecified atom stereocenters. The molecule has 0 atom stereocenters. The first kappa shape index (κ1) is 13.1. The number of carboxylic acid groups (broad SMARTS) is 1. The van der Waals surface area contributed by atoms with Crippen molar-refractivity contribution in [1.82, 2.24) is 4.98 Å². The Balaban J connectivity index is 1.77. The third kappa shape index (κ3) is 3.00. The average Bonchev–Trinajstić information content (AvgIpc) is 2.53. The summed E-state index contributed by atoms with van der Waals surface area (Å²) < 4.78 is 5.71. The maximum atomic E-state index is 10.9. The summed E-state index contributed by atoms with van der Waals surface area (Å²) >= 11 is 0. The van der Waals surface area contributed by atoms with Crippen LogP contribution in [0.2, 0.25) is 0 Å². The first-order valence-electron chi connectivity index (χ1n) is 6.52. The Morgan fingerprint density at radius 3 is 2.67 bits per heavy atom. The highest BCUT2D eigenvalue weighted by atomic mass is 16.5. The second-order valence-corrected chi connectivity index (χ2v) is 4.65. The molecule has 1 aromatic heterocycles. The fourth-order valence-electron chi connectivity index (χ4n) is 2.10. The quantitative estimate of drug-likeness (QED) is 0.794. The van der Waals surface area contributed by atoms with Crippen LogP contribution in [0.15, 0.2) is 60.8 Å². The molecule has 0 saturated carbocycles. The van der Waals surface area contributed by atoms with Crippen LogP contribution < -0.4 is 4.74 Å². The maximum absolute atomic E-state index is 10.9. The summed E-state index contributed by atoms with van der Waals surface area (Å²) in [5.74, 6) is -0.287. The normalized spacial score (nSPS) is 10.5. The molecule has 3 rings (SSSR count). The highest BCUT2D eigenvalue weighted by Crippen LogP contribution is 2.21. The van der Waals surface area contributed by atoms with E-state index in [1.54, 1.807) is 6.07 Å². The minimum Gasteiger partial charge on any atom is -0.489 e. The van der Waals surface area contributed by atoms with E-state index in [2.05, 4.69) is 4.98 Å². The van der Waals surface area contributed by atoms with Crippen molar-refractivity contribution in [1.29, 1.82) is 0 Å². The van der Waals surface area contributed by atoms with E-state index in [9.17, 15) is 4.79 Å². The predicted molar refractivity (Wildman–Crippen MR) is 79.5 cm³/mol. The van der Waals surface area contributed by atoms with Crippen molar-refractivity contribution in [3.05, 3.63) is 72.1 Å². The summed E-state index contributed by atoms with van der Waals surface area (Å²) in [5, 5.41) is 11.2. The molecular weight excluding hydrogens is 266 g/mol. The third-order valence-electron chi connectivity index (χ3n) is 3.17. The molecule has 1 N–H and O–H groups in total. The SMILES string of the molecule is O=C(O)c1cc(COc2ccc3ccccc3c2)ccn1. The third-order valence-corrected chi connectivity index (χ3v) is 3.17. The first-order chi connectivity index (χ1) is 10.2. The number of ether oxygens (including phenoxy) is 1. The van der Waals surface area contributed by atoms with Crippen LogP contribution in [0.4, 0.5) is 0 Å². The molecule has 1 heterocycles. The van der Waals surface area contributed by atoms with Gasteiger partial charge in [0.1, 0.15) is 18.1 Å². The molecule has 0 aliphatic carbocycles. The standard InChI is InChI=1S/C17H13NO3/c19-17(20)16-9-12(7-8-18-16)11-21-15-6-5-13-3-1-2-4-14(13)10-15/h1-10H,11H2,(H,19,20). The second kappa shape index (κ2) is 5.63. The number of fused-ring (bicyclic) bond motifs is 1. The minimum atomic E-state index is -1.04. The number of carbonyl (C=O) groups is 1. The Morgan fingerprint density at radius 2 is 1.86 bits per heavy atom. The minimum absolute atomic E-state index is 0.0228. The van der Waals surface area contributed by atoms with Crippen molar-refractivity contribution in [2.75, 3.05) is 0 Å². The number of aromatic nitrogens is 1. The lowest BCUT2D eigenvalue weighted by atomic mass is 10.1. The molecule has 0 saturated heterocycles. The van der Waals surface area contributed by atoms with Crippen LogP contribution >= 0.6 is 0 Å². The van der Waals surface area contributed by atoms with Gasteiger partial charge in [0.25, 0.3) is 0 Å². The molecule has 104 valence electrons. The summed E-state index contributed by atoms with van der Waals surface area (Å²) in [6, 6.07) is 17.2. The molecule has 2 aromatic carbocycles. The average molecular weight is 279 g/mol. The molecule has 0 bridgehead atoms. The van der Waals surface area contributed by atoms with E-state index in [0.717, 1.165) is 22.1 Å². The summed E-state index contributed by atoms with van der Waals surface area (Å²) in [6.07, 6.45) is 1.47. The van der Waals surface area contributed by atoms with Crippen LogP contribution in [0.25, 0.3) is 10.8 Å². The molecule has 0 spiro atoms. The van der Waals surface area contributed by atoms with Crippen LogP contribution in [0.5, 0.6) is 5.75 Å². The Bertz CT molecular complexity index is 799. The van der Waals surface area contributed by atoms with Crippen LogP contribution in [0, 0.1) is 0 Å². The Kier molecular flexibility index (Phi) is 3.51. The lowest BCUT2D eigenvalue weighted by Crippen LogP contribution is -2.02. The summed E-state index contributed by atoms with van der Waals surface area (Å²) in [4.78, 5) is 14.7. The van der Waals surface area contributed by atoms with Crippen molar-refractivity contribution in [3.8, 4) is 5.75 Å². The zero-order valence-electron chi connectivity index (χ0n) is 11.2. The number of hydrogen-bond donors (Lipinski definition) is 1. The molecule has 0 aliphatic rings. The van der Waals surface area contributed by atoms with Gasteiger partial charge in [0.15, 0.2) is 0 Å². The van der Waals surface area contributed by atoms with Gasteiger partial charge >= 0.3 is 5.97 Å². The number of nitrogens with zero attached hydrogens (tertiary/aromatic N) is 1. The van der Waals surface area contributed by atoms with Crippen LogP contribution in [0.1, 0.15) is 16.1 Å². The molecule has 0 amide bonds. The largest absolute Gasteiger partial charge is 0.489 e. The fourth-order valence-corrected chi connectivity index (χ4v) is 2.10. The van der Waals surface area contributed by atoms with E-state index in [0.29, 0.717) is 6.61 Å². The first-order valence-corrected chi connectivity index (χ1v) is 6.52. The van der Waals surface area contributed by atoms with Crippen LogP contribution in [0.3, 0.4) is 0 Å². The van der Waals surface area contributed by atoms with Crippen molar-refractivity contribution in [2.24, 2.45) is 0 Å². The molecule has 21 heavy (non-hydrogen) atoms. The number of pyridine rings is 1. The molecular formula is C17H13NO3. The van der Waals surface area contributed by atoms with E-state index in [1.165, 1.54) is 12.3 Å². The van der Waals surface area contributed by atoms with Gasteiger partial charge in [-0.25, -0.2) is 9.78 Å². The maximum Gasteiger partial charge on any atom is 0.354 e. The molecule has 4 nitrogen and oxygen atoms in total. The van der Waals surface area contributed by atoms with Gasteiger partial charge in [-0.05, 0) is 40.6 Å². The highest BCUT2D eigenvalue weighted by Gasteiger charge is 2.05. The van der Waals surface area contributed by atoms with Gasteiger partial charge in [-0.1, -0.05) is 30.3 Å². The number of rotatable bonds is 4. The van der Waals surface area contributed by atoms with Crippen molar-refractivity contribution in [3.63, 3.8) is 0 Å². The van der Waals surface area contributed by atoms with E-state index >= 15 is 0 Å². The van der Waals surface area contributed by atoms with Gasteiger partial charge in [-0.15, -0.1) is 0 Å². The number of hydrogen-bond acceptors (Lipinski definition) is 3. The smallest absolute Gasteiger partial charge is 0.354 e. The highest BCUT2D eigenvalue weighted by molar-refractivity contribution is 5.85. The van der Waals surface area contributed by atoms with Crippen molar-refractivity contribution in [2.45, 2.75) is 6.61 Å². The van der Waals surface area contributed by atoms with Gasteiger partial charge in [0.05, 0.1) is 0 Å². The van der Waals surface area contributed by atoms with Crippen molar-refractivity contribution >= 4 is 16.7 Å². The summed E-state index contributed by atoms with van der Waals surface area (Å²) in [5.41, 5.74) is 0.796. The van der Waals surface area contributed by atoms with Crippen LogP contribution in [-0.4, -0.2) is 16.1 Å². The molecule has 0 aliphatic heterocycles. The van der Waals surface area contributed by atoms with Gasteiger partial charge in [-0.2, -0.15) is 0 Å². The zero-order chi connectivity index (χ0) is 14.7. The molecule has 3 aromatic rings. The Labute approximate surface area is 121 Å².